The number of ether oxygens (including phenoxy) is 1. The molecule has 17 heavy (non-hydrogen) atoms. The highest BCUT2D eigenvalue weighted by Gasteiger charge is 2.36. The highest BCUT2D eigenvalue weighted by Crippen LogP contribution is 2.35. The first kappa shape index (κ1) is 12.2. The van der Waals surface area contributed by atoms with E-state index in [1.54, 1.807) is 0 Å². The van der Waals surface area contributed by atoms with E-state index in [0.29, 0.717) is 24.4 Å². The van der Waals surface area contributed by atoms with Crippen LogP contribution in [0.3, 0.4) is 0 Å². The number of terminal acetylenes is 1. The SMILES string of the molecule is C#CC[C@H]1C=CCC(C2=NC(C)(C)CO2)[C@@H]1C. The topological polar surface area (TPSA) is 21.6 Å². The van der Waals surface area contributed by atoms with Gasteiger partial charge in [-0.2, -0.15) is 0 Å². The first-order valence-corrected chi connectivity index (χ1v) is 6.36. The van der Waals surface area contributed by atoms with Crippen molar-refractivity contribution >= 4 is 5.90 Å². The van der Waals surface area contributed by atoms with Crippen LogP contribution >= 0.6 is 0 Å². The van der Waals surface area contributed by atoms with Gasteiger partial charge in [0.15, 0.2) is 5.90 Å². The Morgan fingerprint density at radius 1 is 1.59 bits per heavy atom. The first-order chi connectivity index (χ1) is 8.03. The molecule has 0 N–H and O–H groups in total. The van der Waals surface area contributed by atoms with Crippen LogP contribution in [-0.2, 0) is 4.74 Å². The maximum absolute atomic E-state index is 5.77. The van der Waals surface area contributed by atoms with E-state index in [1.807, 2.05) is 0 Å². The van der Waals surface area contributed by atoms with E-state index in [1.165, 1.54) is 0 Å². The van der Waals surface area contributed by atoms with Gasteiger partial charge in [0.2, 0.25) is 0 Å². The smallest absolute Gasteiger partial charge is 0.187 e. The lowest BCUT2D eigenvalue weighted by Gasteiger charge is -2.30. The summed E-state index contributed by atoms with van der Waals surface area (Å²) < 4.78 is 5.77. The van der Waals surface area contributed by atoms with Crippen molar-refractivity contribution in [2.75, 3.05) is 6.61 Å². The van der Waals surface area contributed by atoms with Crippen LogP contribution in [0, 0.1) is 30.1 Å². The average molecular weight is 231 g/mol. The number of hydrogen-bond donors (Lipinski definition) is 0. The molecule has 1 aliphatic carbocycles. The van der Waals surface area contributed by atoms with Crippen molar-refractivity contribution in [1.82, 2.24) is 0 Å². The third kappa shape index (κ3) is 2.54. The second-order valence-electron chi connectivity index (χ2n) is 5.75. The van der Waals surface area contributed by atoms with Crippen LogP contribution in [0.2, 0.25) is 0 Å². The summed E-state index contributed by atoms with van der Waals surface area (Å²) in [7, 11) is 0. The van der Waals surface area contributed by atoms with Gasteiger partial charge in [-0.05, 0) is 32.1 Å². The van der Waals surface area contributed by atoms with Gasteiger partial charge in [0.05, 0.1) is 5.54 Å². The molecule has 0 saturated carbocycles. The van der Waals surface area contributed by atoms with Gasteiger partial charge in [-0.1, -0.05) is 19.1 Å². The molecule has 0 bridgehead atoms. The summed E-state index contributed by atoms with van der Waals surface area (Å²) in [5.41, 5.74) is -0.0577. The van der Waals surface area contributed by atoms with Crippen LogP contribution in [0.4, 0.5) is 0 Å². The Bertz CT molecular complexity index is 386. The molecule has 0 fully saturated rings. The van der Waals surface area contributed by atoms with Crippen LogP contribution in [-0.4, -0.2) is 18.0 Å². The van der Waals surface area contributed by atoms with Gasteiger partial charge in [-0.25, -0.2) is 4.99 Å². The number of hydrogen-bond acceptors (Lipinski definition) is 2. The lowest BCUT2D eigenvalue weighted by Crippen LogP contribution is -2.29. The highest BCUT2D eigenvalue weighted by molar-refractivity contribution is 5.81. The number of nitrogens with zero attached hydrogens (tertiary/aromatic N) is 1. The summed E-state index contributed by atoms with van der Waals surface area (Å²) in [6.07, 6.45) is 11.7. The Balaban J connectivity index is 2.13. The van der Waals surface area contributed by atoms with Gasteiger partial charge in [0.25, 0.3) is 0 Å². The van der Waals surface area contributed by atoms with Crippen molar-refractivity contribution in [3.05, 3.63) is 12.2 Å². The van der Waals surface area contributed by atoms with Gasteiger partial charge >= 0.3 is 0 Å². The van der Waals surface area contributed by atoms with Crippen molar-refractivity contribution in [3.8, 4) is 12.3 Å². The third-order valence-electron chi connectivity index (χ3n) is 3.74. The third-order valence-corrected chi connectivity index (χ3v) is 3.74. The highest BCUT2D eigenvalue weighted by atomic mass is 16.5. The second-order valence-corrected chi connectivity index (χ2v) is 5.75. The van der Waals surface area contributed by atoms with E-state index in [-0.39, 0.29) is 5.54 Å². The van der Waals surface area contributed by atoms with Crippen LogP contribution in [0.5, 0.6) is 0 Å². The first-order valence-electron chi connectivity index (χ1n) is 6.36. The summed E-state index contributed by atoms with van der Waals surface area (Å²) in [4.78, 5) is 4.70. The molecule has 2 heteroatoms. The minimum absolute atomic E-state index is 0.0577. The van der Waals surface area contributed by atoms with Gasteiger partial charge < -0.3 is 4.74 Å². The van der Waals surface area contributed by atoms with Crippen molar-refractivity contribution in [3.63, 3.8) is 0 Å². The largest absolute Gasteiger partial charge is 0.478 e. The Kier molecular flexibility index (Phi) is 3.28. The fourth-order valence-corrected chi connectivity index (χ4v) is 2.61. The van der Waals surface area contributed by atoms with E-state index >= 15 is 0 Å². The molecule has 3 atom stereocenters. The minimum Gasteiger partial charge on any atom is -0.478 e. The molecule has 0 spiro atoms. The molecule has 0 saturated heterocycles. The van der Waals surface area contributed by atoms with Gasteiger partial charge in [-0.15, -0.1) is 12.3 Å². The van der Waals surface area contributed by atoms with Gasteiger partial charge in [0, 0.05) is 12.3 Å². The van der Waals surface area contributed by atoms with Crippen LogP contribution in [0.1, 0.15) is 33.6 Å². The van der Waals surface area contributed by atoms with Crippen molar-refractivity contribution in [2.24, 2.45) is 22.7 Å². The summed E-state index contributed by atoms with van der Waals surface area (Å²) in [5, 5.41) is 0. The van der Waals surface area contributed by atoms with Gasteiger partial charge in [-0.3, -0.25) is 0 Å². The second kappa shape index (κ2) is 4.56. The summed E-state index contributed by atoms with van der Waals surface area (Å²) in [6, 6.07) is 0. The molecule has 0 radical (unpaired) electrons. The van der Waals surface area contributed by atoms with E-state index in [2.05, 4.69) is 38.8 Å². The predicted molar refractivity (Wildman–Crippen MR) is 70.8 cm³/mol. The monoisotopic (exact) mass is 231 g/mol. The lowest BCUT2D eigenvalue weighted by molar-refractivity contribution is 0.239. The molecule has 2 nitrogen and oxygen atoms in total. The van der Waals surface area contributed by atoms with E-state index < -0.39 is 0 Å². The van der Waals surface area contributed by atoms with Gasteiger partial charge in [0.1, 0.15) is 6.61 Å². The number of allylic oxidation sites excluding steroid dienone is 2. The lowest BCUT2D eigenvalue weighted by atomic mass is 9.75. The molecule has 0 aromatic heterocycles. The van der Waals surface area contributed by atoms with Crippen LogP contribution < -0.4 is 0 Å². The molecule has 1 aliphatic heterocycles. The van der Waals surface area contributed by atoms with E-state index in [9.17, 15) is 0 Å². The van der Waals surface area contributed by atoms with Crippen molar-refractivity contribution in [2.45, 2.75) is 39.2 Å². The summed E-state index contributed by atoms with van der Waals surface area (Å²) >= 11 is 0. The Labute approximate surface area is 104 Å². The normalized spacial score (nSPS) is 34.9. The zero-order valence-corrected chi connectivity index (χ0v) is 10.9. The molecule has 0 aromatic carbocycles. The van der Waals surface area contributed by atoms with Crippen LogP contribution in [0.15, 0.2) is 17.1 Å². The molecule has 1 unspecified atom stereocenters. The molecular formula is C15H21NO. The maximum atomic E-state index is 5.77. The standard InChI is InChI=1S/C15H21NO/c1-5-7-12-8-6-9-13(11(12)2)14-16-15(3,4)10-17-14/h1,6,8,11-13H,7,9-10H2,2-4H3/t11-,12+,13?/m1/s1. The Morgan fingerprint density at radius 2 is 2.35 bits per heavy atom. The molecular weight excluding hydrogens is 210 g/mol. The summed E-state index contributed by atoms with van der Waals surface area (Å²) in [6.45, 7) is 7.19. The average Bonchev–Trinajstić information content (AvgIpc) is 2.62. The number of rotatable bonds is 2. The molecule has 0 amide bonds. The molecule has 92 valence electrons. The fraction of sp³-hybridized carbons (Fsp3) is 0.667. The van der Waals surface area contributed by atoms with E-state index in [0.717, 1.165) is 18.7 Å². The van der Waals surface area contributed by atoms with Crippen LogP contribution in [0.25, 0.3) is 0 Å². The molecule has 2 rings (SSSR count). The summed E-state index contributed by atoms with van der Waals surface area (Å²) in [5.74, 6) is 5.09. The quantitative estimate of drug-likeness (QED) is 0.529. The van der Waals surface area contributed by atoms with Crippen molar-refractivity contribution < 1.29 is 4.74 Å². The van der Waals surface area contributed by atoms with Crippen molar-refractivity contribution in [1.29, 1.82) is 0 Å². The Morgan fingerprint density at radius 3 is 2.94 bits per heavy atom. The number of aliphatic imine (C=N–C) groups is 1. The fourth-order valence-electron chi connectivity index (χ4n) is 2.61. The molecule has 1 heterocycles. The zero-order chi connectivity index (χ0) is 12.5. The molecule has 0 aromatic rings. The Hall–Kier alpha value is -1.23. The minimum atomic E-state index is -0.0577. The zero-order valence-electron chi connectivity index (χ0n) is 10.9. The van der Waals surface area contributed by atoms with E-state index in [4.69, 9.17) is 16.2 Å². The predicted octanol–water partition coefficient (Wildman–Crippen LogP) is 3.05. The maximum Gasteiger partial charge on any atom is 0.187 e. The molecule has 2 aliphatic rings.